The van der Waals surface area contributed by atoms with Crippen LogP contribution in [0.25, 0.3) is 0 Å². The highest BCUT2D eigenvalue weighted by molar-refractivity contribution is 5.94. The van der Waals surface area contributed by atoms with Crippen LogP contribution in [0, 0.1) is 5.92 Å². The van der Waals surface area contributed by atoms with Gasteiger partial charge in [-0.3, -0.25) is 9.59 Å². The molecular formula is C12H25NO4. The maximum atomic E-state index is 11.3. The number of carbonyl (C=O) groups excluding carboxylic acids is 2. The van der Waals surface area contributed by atoms with Crippen molar-refractivity contribution in [2.45, 2.75) is 33.6 Å². The van der Waals surface area contributed by atoms with Crippen molar-refractivity contribution in [3.63, 3.8) is 0 Å². The van der Waals surface area contributed by atoms with E-state index in [-0.39, 0.29) is 0 Å². The second-order valence-corrected chi connectivity index (χ2v) is 3.35. The largest absolute Gasteiger partial charge is 0.465 e. The van der Waals surface area contributed by atoms with Gasteiger partial charge in [0, 0.05) is 0 Å². The third-order valence-corrected chi connectivity index (χ3v) is 1.72. The molecule has 17 heavy (non-hydrogen) atoms. The monoisotopic (exact) mass is 247 g/mol. The van der Waals surface area contributed by atoms with Gasteiger partial charge in [-0.25, -0.2) is 0 Å². The Labute approximate surface area is 104 Å². The summed E-state index contributed by atoms with van der Waals surface area (Å²) in [6.07, 6.45) is 1.24. The Morgan fingerprint density at radius 3 is 1.59 bits per heavy atom. The molecule has 0 atom stereocenters. The van der Waals surface area contributed by atoms with E-state index in [1.165, 1.54) is 0 Å². The predicted octanol–water partition coefficient (Wildman–Crippen LogP) is 1.36. The fourth-order valence-electron chi connectivity index (χ4n) is 1.11. The number of carbonyl (C=O) groups is 2. The minimum absolute atomic E-state index is 0.290. The Balaban J connectivity index is 0. The van der Waals surface area contributed by atoms with Gasteiger partial charge in [0.15, 0.2) is 5.92 Å². The van der Waals surface area contributed by atoms with Gasteiger partial charge in [0.2, 0.25) is 0 Å². The molecule has 0 fully saturated rings. The number of ether oxygens (including phenoxy) is 2. The number of hydrogen-bond donors (Lipinski definition) is 1. The lowest BCUT2D eigenvalue weighted by Gasteiger charge is -2.12. The first-order chi connectivity index (χ1) is 8.08. The van der Waals surface area contributed by atoms with Crippen molar-refractivity contribution in [3.05, 3.63) is 0 Å². The lowest BCUT2D eigenvalue weighted by Crippen LogP contribution is -2.27. The average Bonchev–Trinajstić information content (AvgIpc) is 2.27. The van der Waals surface area contributed by atoms with E-state index in [0.29, 0.717) is 19.6 Å². The summed E-state index contributed by atoms with van der Waals surface area (Å²) in [5, 5.41) is 2.75. The molecule has 0 aliphatic rings. The molecule has 0 aromatic carbocycles. The Morgan fingerprint density at radius 1 is 1.00 bits per heavy atom. The number of esters is 2. The summed E-state index contributed by atoms with van der Waals surface area (Å²) in [5.41, 5.74) is 0. The number of rotatable bonds is 6. The van der Waals surface area contributed by atoms with Crippen molar-refractivity contribution >= 4 is 11.9 Å². The van der Waals surface area contributed by atoms with E-state index in [0.717, 1.165) is 6.42 Å². The lowest BCUT2D eigenvalue weighted by molar-refractivity contribution is -0.161. The van der Waals surface area contributed by atoms with Crippen molar-refractivity contribution in [3.8, 4) is 0 Å². The molecule has 0 saturated heterocycles. The quantitative estimate of drug-likeness (QED) is 0.567. The fourth-order valence-corrected chi connectivity index (χ4v) is 1.11. The molecule has 0 aromatic rings. The van der Waals surface area contributed by atoms with Crippen molar-refractivity contribution < 1.29 is 19.1 Å². The highest BCUT2D eigenvalue weighted by Crippen LogP contribution is 2.11. The van der Waals surface area contributed by atoms with E-state index in [1.54, 1.807) is 13.8 Å². The smallest absolute Gasteiger partial charge is 0.320 e. The van der Waals surface area contributed by atoms with Gasteiger partial charge in [0.1, 0.15) is 0 Å². The van der Waals surface area contributed by atoms with Gasteiger partial charge >= 0.3 is 11.9 Å². The second-order valence-electron chi connectivity index (χ2n) is 3.35. The van der Waals surface area contributed by atoms with Gasteiger partial charge in [-0.2, -0.15) is 0 Å². The van der Waals surface area contributed by atoms with Crippen LogP contribution in [0.5, 0.6) is 0 Å². The van der Waals surface area contributed by atoms with E-state index in [2.05, 4.69) is 5.32 Å². The summed E-state index contributed by atoms with van der Waals surface area (Å²) in [5.74, 6) is -1.71. The normalized spacial score (nSPS) is 9.29. The van der Waals surface area contributed by atoms with Crippen LogP contribution in [0.3, 0.4) is 0 Å². The molecule has 0 aliphatic carbocycles. The maximum absolute atomic E-state index is 11.3. The molecule has 0 rings (SSSR count). The van der Waals surface area contributed by atoms with E-state index in [4.69, 9.17) is 9.47 Å². The molecule has 0 heterocycles. The zero-order chi connectivity index (χ0) is 13.7. The summed E-state index contributed by atoms with van der Waals surface area (Å²) in [6, 6.07) is 0. The SMILES string of the molecule is CCCC(C(=O)OCC)C(=O)OCC.CNC. The van der Waals surface area contributed by atoms with Gasteiger partial charge in [-0.05, 0) is 34.4 Å². The van der Waals surface area contributed by atoms with Crippen molar-refractivity contribution in [2.24, 2.45) is 5.92 Å². The van der Waals surface area contributed by atoms with Gasteiger partial charge in [0.05, 0.1) is 13.2 Å². The Kier molecular flexibility index (Phi) is 13.9. The summed E-state index contributed by atoms with van der Waals surface area (Å²) in [7, 11) is 3.75. The van der Waals surface area contributed by atoms with Crippen LogP contribution < -0.4 is 5.32 Å². The molecule has 0 radical (unpaired) electrons. The fraction of sp³-hybridized carbons (Fsp3) is 0.833. The molecule has 102 valence electrons. The molecule has 5 heteroatoms. The molecule has 0 bridgehead atoms. The average molecular weight is 247 g/mol. The number of nitrogens with one attached hydrogen (secondary N) is 1. The second kappa shape index (κ2) is 13.0. The predicted molar refractivity (Wildman–Crippen MR) is 66.6 cm³/mol. The van der Waals surface area contributed by atoms with Gasteiger partial charge in [-0.1, -0.05) is 13.3 Å². The van der Waals surface area contributed by atoms with Crippen LogP contribution in [0.4, 0.5) is 0 Å². The Hall–Kier alpha value is -1.10. The molecular weight excluding hydrogens is 222 g/mol. The van der Waals surface area contributed by atoms with Crippen LogP contribution in [-0.4, -0.2) is 39.2 Å². The van der Waals surface area contributed by atoms with E-state index < -0.39 is 17.9 Å². The van der Waals surface area contributed by atoms with Crippen LogP contribution in [0.1, 0.15) is 33.6 Å². The third kappa shape index (κ3) is 9.81. The molecule has 0 aromatic heterocycles. The Morgan fingerprint density at radius 2 is 1.35 bits per heavy atom. The van der Waals surface area contributed by atoms with E-state index in [1.807, 2.05) is 21.0 Å². The van der Waals surface area contributed by atoms with Crippen LogP contribution in [-0.2, 0) is 19.1 Å². The Bertz CT molecular complexity index is 189. The summed E-state index contributed by atoms with van der Waals surface area (Å²) >= 11 is 0. The van der Waals surface area contributed by atoms with Crippen molar-refractivity contribution in [1.29, 1.82) is 0 Å². The zero-order valence-corrected chi connectivity index (χ0v) is 11.5. The molecule has 0 spiro atoms. The summed E-state index contributed by atoms with van der Waals surface area (Å²) in [6.45, 7) is 5.92. The third-order valence-electron chi connectivity index (χ3n) is 1.72. The van der Waals surface area contributed by atoms with Crippen LogP contribution >= 0.6 is 0 Å². The van der Waals surface area contributed by atoms with Crippen molar-refractivity contribution in [2.75, 3.05) is 27.3 Å². The first-order valence-electron chi connectivity index (χ1n) is 6.00. The summed E-state index contributed by atoms with van der Waals surface area (Å²) in [4.78, 5) is 22.7. The topological polar surface area (TPSA) is 64.6 Å². The first kappa shape index (κ1) is 18.3. The zero-order valence-electron chi connectivity index (χ0n) is 11.5. The standard InChI is InChI=1S/C10H18O4.C2H7N/c1-4-7-8(9(11)13-5-2)10(12)14-6-3;1-3-2/h8H,4-7H2,1-3H3;3H,1-2H3. The maximum Gasteiger partial charge on any atom is 0.320 e. The van der Waals surface area contributed by atoms with E-state index in [9.17, 15) is 9.59 Å². The van der Waals surface area contributed by atoms with Gasteiger partial charge in [-0.15, -0.1) is 0 Å². The highest BCUT2D eigenvalue weighted by Gasteiger charge is 2.28. The molecule has 0 saturated carbocycles. The molecule has 1 N–H and O–H groups in total. The molecule has 0 amide bonds. The minimum atomic E-state index is -0.750. The van der Waals surface area contributed by atoms with Crippen LogP contribution in [0.2, 0.25) is 0 Å². The molecule has 5 nitrogen and oxygen atoms in total. The summed E-state index contributed by atoms with van der Waals surface area (Å²) < 4.78 is 9.57. The highest BCUT2D eigenvalue weighted by atomic mass is 16.6. The minimum Gasteiger partial charge on any atom is -0.465 e. The van der Waals surface area contributed by atoms with Crippen LogP contribution in [0.15, 0.2) is 0 Å². The van der Waals surface area contributed by atoms with E-state index >= 15 is 0 Å². The van der Waals surface area contributed by atoms with Crippen molar-refractivity contribution in [1.82, 2.24) is 5.32 Å². The van der Waals surface area contributed by atoms with Gasteiger partial charge < -0.3 is 14.8 Å². The molecule has 0 unspecified atom stereocenters. The lowest BCUT2D eigenvalue weighted by atomic mass is 10.0. The van der Waals surface area contributed by atoms with Gasteiger partial charge in [0.25, 0.3) is 0 Å². The number of hydrogen-bond acceptors (Lipinski definition) is 5. The molecule has 0 aliphatic heterocycles. The first-order valence-corrected chi connectivity index (χ1v) is 6.00.